The van der Waals surface area contributed by atoms with Crippen LogP contribution >= 0.6 is 23.1 Å². The fourth-order valence-electron chi connectivity index (χ4n) is 2.21. The van der Waals surface area contributed by atoms with Crippen molar-refractivity contribution in [2.75, 3.05) is 29.3 Å². The summed E-state index contributed by atoms with van der Waals surface area (Å²) in [6, 6.07) is 5.92. The zero-order valence-electron chi connectivity index (χ0n) is 11.7. The van der Waals surface area contributed by atoms with Gasteiger partial charge in [0.15, 0.2) is 5.13 Å². The number of thiazole rings is 1. The monoisotopic (exact) mass is 343 g/mol. The Morgan fingerprint density at radius 3 is 3.00 bits per heavy atom. The number of thioether (sulfide) groups is 1. The average Bonchev–Trinajstić information content (AvgIpc) is 2.64. The molecule has 0 aliphatic carbocycles. The van der Waals surface area contributed by atoms with Crippen molar-refractivity contribution in [3.8, 4) is 0 Å². The van der Waals surface area contributed by atoms with E-state index in [1.165, 1.54) is 15.6 Å². The smallest absolute Gasteiger partial charge is 0.246 e. The Labute approximate surface area is 132 Å². The molecule has 1 aromatic carbocycles. The summed E-state index contributed by atoms with van der Waals surface area (Å²) in [5.41, 5.74) is 1.97. The molecule has 0 radical (unpaired) electrons. The zero-order chi connectivity index (χ0) is 14.9. The predicted molar refractivity (Wildman–Crippen MR) is 90.4 cm³/mol. The van der Waals surface area contributed by atoms with Crippen LogP contribution in [-0.4, -0.2) is 42.3 Å². The molecular formula is C13H17N3O2S3. The molecule has 1 aromatic heterocycles. The molecule has 0 bridgehead atoms. The lowest BCUT2D eigenvalue weighted by Crippen LogP contribution is -2.37. The van der Waals surface area contributed by atoms with Crippen LogP contribution in [0.5, 0.6) is 0 Å². The van der Waals surface area contributed by atoms with Crippen LogP contribution in [0.4, 0.5) is 5.13 Å². The molecular weight excluding hydrogens is 326 g/mol. The lowest BCUT2D eigenvalue weighted by molar-refractivity contribution is 0.439. The topological polar surface area (TPSA) is 62.3 Å². The third-order valence-corrected chi connectivity index (χ3v) is 6.89. The normalized spacial score (nSPS) is 17.8. The Morgan fingerprint density at radius 1 is 1.29 bits per heavy atom. The van der Waals surface area contributed by atoms with Gasteiger partial charge in [0.2, 0.25) is 0 Å². The molecule has 5 nitrogen and oxygen atoms in total. The van der Waals surface area contributed by atoms with E-state index in [0.29, 0.717) is 18.2 Å². The van der Waals surface area contributed by atoms with Gasteiger partial charge in [-0.25, -0.2) is 9.71 Å². The largest absolute Gasteiger partial charge is 0.303 e. The Kier molecular flexibility index (Phi) is 4.39. The molecule has 114 valence electrons. The fourth-order valence-corrected chi connectivity index (χ4v) is 5.61. The van der Waals surface area contributed by atoms with Crippen molar-refractivity contribution < 1.29 is 8.42 Å². The van der Waals surface area contributed by atoms with Crippen molar-refractivity contribution in [1.82, 2.24) is 9.29 Å². The SMILES string of the molecule is Cc1ccc2nc(NS(=O)(=O)N3CCCSCC3)sc2c1. The Morgan fingerprint density at radius 2 is 2.14 bits per heavy atom. The van der Waals surface area contributed by atoms with Gasteiger partial charge in [-0.05, 0) is 36.8 Å². The first-order valence-electron chi connectivity index (χ1n) is 6.77. The van der Waals surface area contributed by atoms with Crippen LogP contribution in [-0.2, 0) is 10.2 Å². The van der Waals surface area contributed by atoms with E-state index in [1.807, 2.05) is 25.1 Å². The zero-order valence-corrected chi connectivity index (χ0v) is 14.2. The van der Waals surface area contributed by atoms with Crippen LogP contribution in [0.15, 0.2) is 18.2 Å². The average molecular weight is 343 g/mol. The number of rotatable bonds is 3. The van der Waals surface area contributed by atoms with Crippen molar-refractivity contribution in [2.45, 2.75) is 13.3 Å². The molecule has 1 N–H and O–H groups in total. The molecule has 21 heavy (non-hydrogen) atoms. The van der Waals surface area contributed by atoms with Crippen LogP contribution in [0.2, 0.25) is 0 Å². The van der Waals surface area contributed by atoms with Crippen LogP contribution < -0.4 is 4.72 Å². The van der Waals surface area contributed by atoms with Crippen LogP contribution in [0.25, 0.3) is 10.2 Å². The van der Waals surface area contributed by atoms with Gasteiger partial charge < -0.3 is 0 Å². The van der Waals surface area contributed by atoms with Crippen molar-refractivity contribution >= 4 is 48.7 Å². The first-order chi connectivity index (χ1) is 10.0. The molecule has 8 heteroatoms. The molecule has 3 rings (SSSR count). The summed E-state index contributed by atoms with van der Waals surface area (Å²) in [6.07, 6.45) is 0.893. The number of benzene rings is 1. The van der Waals surface area contributed by atoms with Gasteiger partial charge in [0, 0.05) is 18.8 Å². The van der Waals surface area contributed by atoms with Crippen LogP contribution in [0, 0.1) is 6.92 Å². The number of fused-ring (bicyclic) bond motifs is 1. The number of aryl methyl sites for hydroxylation is 1. The summed E-state index contributed by atoms with van der Waals surface area (Å²) in [7, 11) is -3.50. The summed E-state index contributed by atoms with van der Waals surface area (Å²) in [6.45, 7) is 3.15. The van der Waals surface area contributed by atoms with Crippen LogP contribution in [0.1, 0.15) is 12.0 Å². The minimum atomic E-state index is -3.50. The highest BCUT2D eigenvalue weighted by Gasteiger charge is 2.24. The second-order valence-corrected chi connectivity index (χ2v) is 8.89. The fraction of sp³-hybridized carbons (Fsp3) is 0.462. The van der Waals surface area contributed by atoms with E-state index >= 15 is 0 Å². The first-order valence-corrected chi connectivity index (χ1v) is 10.2. The quantitative estimate of drug-likeness (QED) is 0.931. The Balaban J connectivity index is 1.82. The summed E-state index contributed by atoms with van der Waals surface area (Å²) in [5.74, 6) is 1.87. The maximum atomic E-state index is 12.4. The molecule has 1 aliphatic heterocycles. The first kappa shape index (κ1) is 15.1. The second kappa shape index (κ2) is 6.12. The summed E-state index contributed by atoms with van der Waals surface area (Å²) in [5, 5.41) is 0.438. The maximum Gasteiger partial charge on any atom is 0.303 e. The third-order valence-electron chi connectivity index (χ3n) is 3.28. The van der Waals surface area contributed by atoms with E-state index < -0.39 is 10.2 Å². The molecule has 0 spiro atoms. The number of aromatic nitrogens is 1. The lowest BCUT2D eigenvalue weighted by atomic mass is 10.2. The molecule has 2 heterocycles. The minimum absolute atomic E-state index is 0.438. The van der Waals surface area contributed by atoms with Gasteiger partial charge >= 0.3 is 10.2 Å². The molecule has 2 aromatic rings. The van der Waals surface area contributed by atoms with E-state index in [9.17, 15) is 8.42 Å². The highest BCUT2D eigenvalue weighted by molar-refractivity contribution is 7.99. The molecule has 1 fully saturated rings. The van der Waals surface area contributed by atoms with Gasteiger partial charge in [-0.3, -0.25) is 0 Å². The van der Waals surface area contributed by atoms with Crippen LogP contribution in [0.3, 0.4) is 0 Å². The highest BCUT2D eigenvalue weighted by Crippen LogP contribution is 2.28. The Bertz CT molecular complexity index is 734. The molecule has 1 saturated heterocycles. The molecule has 0 unspecified atom stereocenters. The molecule has 0 atom stereocenters. The van der Waals surface area contributed by atoms with Crippen molar-refractivity contribution in [2.24, 2.45) is 0 Å². The van der Waals surface area contributed by atoms with Crippen molar-refractivity contribution in [3.63, 3.8) is 0 Å². The van der Waals surface area contributed by atoms with Gasteiger partial charge in [-0.1, -0.05) is 17.4 Å². The van der Waals surface area contributed by atoms with Crippen molar-refractivity contribution in [1.29, 1.82) is 0 Å². The van der Waals surface area contributed by atoms with E-state index in [-0.39, 0.29) is 0 Å². The molecule has 0 amide bonds. The summed E-state index contributed by atoms with van der Waals surface area (Å²) in [4.78, 5) is 4.35. The third kappa shape index (κ3) is 3.50. The number of nitrogens with one attached hydrogen (secondary N) is 1. The number of nitrogens with zero attached hydrogens (tertiary/aromatic N) is 2. The number of anilines is 1. The minimum Gasteiger partial charge on any atom is -0.246 e. The van der Waals surface area contributed by atoms with Crippen molar-refractivity contribution in [3.05, 3.63) is 23.8 Å². The highest BCUT2D eigenvalue weighted by atomic mass is 32.2. The number of hydrogen-bond donors (Lipinski definition) is 1. The Hall–Kier alpha value is -0.830. The second-order valence-electron chi connectivity index (χ2n) is 4.96. The van der Waals surface area contributed by atoms with Gasteiger partial charge in [0.25, 0.3) is 0 Å². The van der Waals surface area contributed by atoms with Gasteiger partial charge in [0.05, 0.1) is 10.2 Å². The number of hydrogen-bond acceptors (Lipinski definition) is 5. The van der Waals surface area contributed by atoms with Gasteiger partial charge in [0.1, 0.15) is 0 Å². The molecule has 0 saturated carbocycles. The standard InChI is InChI=1S/C13H17N3O2S3/c1-10-3-4-11-12(9-10)20-13(14-11)15-21(17,18)16-5-2-7-19-8-6-16/h3-4,9H,2,5-8H2,1H3,(H,14,15). The lowest BCUT2D eigenvalue weighted by Gasteiger charge is -2.19. The van der Waals surface area contributed by atoms with Gasteiger partial charge in [-0.15, -0.1) is 0 Å². The maximum absolute atomic E-state index is 12.4. The van der Waals surface area contributed by atoms with Gasteiger partial charge in [-0.2, -0.15) is 24.5 Å². The predicted octanol–water partition coefficient (Wildman–Crippen LogP) is 2.70. The van der Waals surface area contributed by atoms with E-state index in [2.05, 4.69) is 9.71 Å². The van der Waals surface area contributed by atoms with E-state index in [0.717, 1.165) is 33.7 Å². The summed E-state index contributed by atoms with van der Waals surface area (Å²) >= 11 is 3.17. The molecule has 1 aliphatic rings. The van der Waals surface area contributed by atoms with E-state index in [4.69, 9.17) is 0 Å². The summed E-state index contributed by atoms with van der Waals surface area (Å²) < 4.78 is 30.0. The van der Waals surface area contributed by atoms with E-state index in [1.54, 1.807) is 11.8 Å².